The lowest BCUT2D eigenvalue weighted by molar-refractivity contribution is -0.129. The Balaban J connectivity index is 2.36. The summed E-state index contributed by atoms with van der Waals surface area (Å²) in [6, 6.07) is 9.59. The van der Waals surface area contributed by atoms with E-state index in [0.29, 0.717) is 6.61 Å². The average Bonchev–Trinajstić information content (AvgIpc) is 2.26. The standard InChI is InChI=1S/C14H21NO2/c1-11(15-13(16)14(2,3)4)10-17-12-8-6-5-7-9-12/h5-9,11H,10H2,1-4H3,(H,15,16). The van der Waals surface area contributed by atoms with Crippen LogP contribution in [-0.4, -0.2) is 18.6 Å². The number of ether oxygens (including phenoxy) is 1. The van der Waals surface area contributed by atoms with Crippen molar-refractivity contribution in [2.24, 2.45) is 5.41 Å². The van der Waals surface area contributed by atoms with Crippen molar-refractivity contribution in [2.45, 2.75) is 33.7 Å². The fourth-order valence-electron chi connectivity index (χ4n) is 1.22. The van der Waals surface area contributed by atoms with Crippen LogP contribution in [0.5, 0.6) is 5.75 Å². The maximum atomic E-state index is 11.7. The summed E-state index contributed by atoms with van der Waals surface area (Å²) >= 11 is 0. The smallest absolute Gasteiger partial charge is 0.225 e. The molecule has 1 atom stereocenters. The molecule has 0 aromatic heterocycles. The number of para-hydroxylation sites is 1. The van der Waals surface area contributed by atoms with Crippen LogP contribution >= 0.6 is 0 Å². The van der Waals surface area contributed by atoms with E-state index >= 15 is 0 Å². The molecule has 94 valence electrons. The number of amides is 1. The monoisotopic (exact) mass is 235 g/mol. The molecule has 1 N–H and O–H groups in total. The van der Waals surface area contributed by atoms with Crippen molar-refractivity contribution in [3.05, 3.63) is 30.3 Å². The molecule has 0 aliphatic heterocycles. The minimum Gasteiger partial charge on any atom is -0.491 e. The van der Waals surface area contributed by atoms with Gasteiger partial charge >= 0.3 is 0 Å². The zero-order valence-electron chi connectivity index (χ0n) is 11.0. The fraction of sp³-hybridized carbons (Fsp3) is 0.500. The Kier molecular flexibility index (Phi) is 4.55. The average molecular weight is 235 g/mol. The molecule has 1 aromatic rings. The van der Waals surface area contributed by atoms with Crippen LogP contribution in [0, 0.1) is 5.41 Å². The summed E-state index contributed by atoms with van der Waals surface area (Å²) in [6.45, 7) is 8.10. The van der Waals surface area contributed by atoms with E-state index in [9.17, 15) is 4.79 Å². The second-order valence-corrected chi connectivity index (χ2v) is 5.25. The summed E-state index contributed by atoms with van der Waals surface area (Å²) in [4.78, 5) is 11.7. The molecule has 1 unspecified atom stereocenters. The van der Waals surface area contributed by atoms with Crippen molar-refractivity contribution >= 4 is 5.91 Å². The topological polar surface area (TPSA) is 38.3 Å². The van der Waals surface area contributed by atoms with E-state index in [2.05, 4.69) is 5.32 Å². The number of hydrogen-bond donors (Lipinski definition) is 1. The molecule has 0 radical (unpaired) electrons. The van der Waals surface area contributed by atoms with Crippen LogP contribution in [0.15, 0.2) is 30.3 Å². The van der Waals surface area contributed by atoms with Crippen LogP contribution in [0.2, 0.25) is 0 Å². The predicted octanol–water partition coefficient (Wildman–Crippen LogP) is 2.62. The normalized spacial score (nSPS) is 12.9. The lowest BCUT2D eigenvalue weighted by atomic mass is 9.95. The van der Waals surface area contributed by atoms with Gasteiger partial charge in [-0.2, -0.15) is 0 Å². The predicted molar refractivity (Wildman–Crippen MR) is 69.0 cm³/mol. The van der Waals surface area contributed by atoms with Crippen LogP contribution in [0.25, 0.3) is 0 Å². The van der Waals surface area contributed by atoms with Gasteiger partial charge in [-0.25, -0.2) is 0 Å². The van der Waals surface area contributed by atoms with Gasteiger partial charge in [-0.05, 0) is 19.1 Å². The van der Waals surface area contributed by atoms with Crippen molar-refractivity contribution in [3.63, 3.8) is 0 Å². The zero-order chi connectivity index (χ0) is 12.9. The summed E-state index contributed by atoms with van der Waals surface area (Å²) in [5, 5.41) is 2.93. The van der Waals surface area contributed by atoms with Gasteiger partial charge in [0.05, 0.1) is 6.04 Å². The van der Waals surface area contributed by atoms with Crippen LogP contribution in [0.4, 0.5) is 0 Å². The Morgan fingerprint density at radius 1 is 1.29 bits per heavy atom. The molecule has 3 nitrogen and oxygen atoms in total. The van der Waals surface area contributed by atoms with Gasteiger partial charge in [0.25, 0.3) is 0 Å². The lowest BCUT2D eigenvalue weighted by Gasteiger charge is -2.22. The molecule has 1 rings (SSSR count). The Hall–Kier alpha value is -1.51. The number of rotatable bonds is 4. The molecular weight excluding hydrogens is 214 g/mol. The Labute approximate surface area is 103 Å². The third-order valence-electron chi connectivity index (χ3n) is 2.30. The molecule has 1 aromatic carbocycles. The molecule has 0 spiro atoms. The lowest BCUT2D eigenvalue weighted by Crippen LogP contribution is -2.42. The first-order valence-electron chi connectivity index (χ1n) is 5.88. The highest BCUT2D eigenvalue weighted by Crippen LogP contribution is 2.13. The summed E-state index contributed by atoms with van der Waals surface area (Å²) in [7, 11) is 0. The highest BCUT2D eigenvalue weighted by Gasteiger charge is 2.22. The van der Waals surface area contributed by atoms with Crippen molar-refractivity contribution in [3.8, 4) is 5.75 Å². The minimum absolute atomic E-state index is 0.00179. The Morgan fingerprint density at radius 3 is 2.41 bits per heavy atom. The minimum atomic E-state index is -0.360. The Bertz CT molecular complexity index is 354. The van der Waals surface area contributed by atoms with Gasteiger partial charge < -0.3 is 10.1 Å². The molecule has 0 saturated carbocycles. The van der Waals surface area contributed by atoms with Crippen LogP contribution in [0.1, 0.15) is 27.7 Å². The summed E-state index contributed by atoms with van der Waals surface area (Å²) in [5.41, 5.74) is -0.360. The number of hydrogen-bond acceptors (Lipinski definition) is 2. The van der Waals surface area contributed by atoms with E-state index < -0.39 is 0 Å². The maximum absolute atomic E-state index is 11.7. The quantitative estimate of drug-likeness (QED) is 0.871. The zero-order valence-corrected chi connectivity index (χ0v) is 11.0. The van der Waals surface area contributed by atoms with E-state index in [1.807, 2.05) is 58.0 Å². The molecule has 17 heavy (non-hydrogen) atoms. The summed E-state index contributed by atoms with van der Waals surface area (Å²) in [6.07, 6.45) is 0. The molecule has 3 heteroatoms. The molecule has 0 aliphatic carbocycles. The highest BCUT2D eigenvalue weighted by molar-refractivity contribution is 5.81. The number of nitrogens with one attached hydrogen (secondary N) is 1. The third kappa shape index (κ3) is 4.89. The van der Waals surface area contributed by atoms with Gasteiger partial charge in [-0.1, -0.05) is 39.0 Å². The second-order valence-electron chi connectivity index (χ2n) is 5.25. The van der Waals surface area contributed by atoms with Crippen molar-refractivity contribution < 1.29 is 9.53 Å². The van der Waals surface area contributed by atoms with E-state index in [-0.39, 0.29) is 17.4 Å². The summed E-state index contributed by atoms with van der Waals surface area (Å²) in [5.74, 6) is 0.867. The molecule has 0 heterocycles. The van der Waals surface area contributed by atoms with Gasteiger partial charge in [0.2, 0.25) is 5.91 Å². The van der Waals surface area contributed by atoms with Gasteiger partial charge in [0.1, 0.15) is 12.4 Å². The third-order valence-corrected chi connectivity index (χ3v) is 2.30. The first-order valence-corrected chi connectivity index (χ1v) is 5.88. The first-order chi connectivity index (χ1) is 7.89. The second kappa shape index (κ2) is 5.71. The van der Waals surface area contributed by atoms with Gasteiger partial charge in [-0.3, -0.25) is 4.79 Å². The molecule has 0 bridgehead atoms. The number of carbonyl (C=O) groups is 1. The highest BCUT2D eigenvalue weighted by atomic mass is 16.5. The van der Waals surface area contributed by atoms with E-state index in [1.54, 1.807) is 0 Å². The van der Waals surface area contributed by atoms with Crippen molar-refractivity contribution in [1.82, 2.24) is 5.32 Å². The first kappa shape index (κ1) is 13.6. The number of benzene rings is 1. The number of carbonyl (C=O) groups excluding carboxylic acids is 1. The van der Waals surface area contributed by atoms with Gasteiger partial charge in [0, 0.05) is 5.41 Å². The SMILES string of the molecule is CC(COc1ccccc1)NC(=O)C(C)(C)C. The molecule has 0 fully saturated rings. The molecule has 1 amide bonds. The van der Waals surface area contributed by atoms with Gasteiger partial charge in [-0.15, -0.1) is 0 Å². The molecule has 0 aliphatic rings. The molecular formula is C14H21NO2. The van der Waals surface area contributed by atoms with Crippen molar-refractivity contribution in [2.75, 3.05) is 6.61 Å². The largest absolute Gasteiger partial charge is 0.491 e. The van der Waals surface area contributed by atoms with Gasteiger partial charge in [0.15, 0.2) is 0 Å². The van der Waals surface area contributed by atoms with Crippen LogP contribution < -0.4 is 10.1 Å². The van der Waals surface area contributed by atoms with Crippen LogP contribution in [0.3, 0.4) is 0 Å². The van der Waals surface area contributed by atoms with Crippen LogP contribution in [-0.2, 0) is 4.79 Å². The Morgan fingerprint density at radius 2 is 1.88 bits per heavy atom. The maximum Gasteiger partial charge on any atom is 0.225 e. The summed E-state index contributed by atoms with van der Waals surface area (Å²) < 4.78 is 5.57. The van der Waals surface area contributed by atoms with E-state index in [4.69, 9.17) is 4.74 Å². The van der Waals surface area contributed by atoms with E-state index in [1.165, 1.54) is 0 Å². The fourth-order valence-corrected chi connectivity index (χ4v) is 1.22. The van der Waals surface area contributed by atoms with E-state index in [0.717, 1.165) is 5.75 Å². The molecule has 0 saturated heterocycles. The van der Waals surface area contributed by atoms with Crippen molar-refractivity contribution in [1.29, 1.82) is 0 Å².